The number of aliphatic hydroxyl groups excluding tert-OH is 5. The van der Waals surface area contributed by atoms with Crippen LogP contribution in [-0.2, 0) is 14.3 Å². The van der Waals surface area contributed by atoms with Crippen molar-refractivity contribution in [2.75, 3.05) is 13.2 Å². The highest BCUT2D eigenvalue weighted by molar-refractivity contribution is 5.76. The van der Waals surface area contributed by atoms with Crippen LogP contribution in [0.4, 0.5) is 0 Å². The van der Waals surface area contributed by atoms with E-state index in [9.17, 15) is 30.3 Å². The number of carbonyl (C=O) groups excluding carboxylic acids is 1. The summed E-state index contributed by atoms with van der Waals surface area (Å²) in [7, 11) is 0. The molecule has 56 heavy (non-hydrogen) atoms. The van der Waals surface area contributed by atoms with E-state index >= 15 is 0 Å². The van der Waals surface area contributed by atoms with Crippen molar-refractivity contribution in [2.45, 2.75) is 256 Å². The third kappa shape index (κ3) is 28.2. The number of nitrogens with one attached hydrogen (secondary N) is 1. The van der Waals surface area contributed by atoms with Crippen LogP contribution in [0.2, 0.25) is 0 Å². The molecule has 0 aromatic heterocycles. The van der Waals surface area contributed by atoms with Gasteiger partial charge in [-0.05, 0) is 32.1 Å². The lowest BCUT2D eigenvalue weighted by atomic mass is 9.99. The standard InChI is InChI=1S/C47H89NO8/c1-3-5-7-9-11-13-15-16-17-18-19-20-21-22-23-24-25-27-28-30-32-34-36-41(50)40(39-55-47-46(54)45(53)44(52)42(38-49)56-47)48-43(51)37-35-33-31-29-26-14-12-10-8-6-4-2/h27-28,34,36,40-42,44-47,49-50,52-54H,3-26,29-33,35,37-39H2,1-2H3,(H,48,51)/b28-27+,36-34+. The molecular weight excluding hydrogens is 707 g/mol. The van der Waals surface area contributed by atoms with E-state index in [0.717, 1.165) is 38.5 Å². The first-order valence-electron chi connectivity index (χ1n) is 23.6. The number of aliphatic hydroxyl groups is 5. The zero-order chi connectivity index (χ0) is 40.9. The van der Waals surface area contributed by atoms with Crippen LogP contribution in [0.1, 0.15) is 213 Å². The smallest absolute Gasteiger partial charge is 0.220 e. The molecule has 0 aromatic carbocycles. The van der Waals surface area contributed by atoms with Crippen molar-refractivity contribution >= 4 is 5.91 Å². The van der Waals surface area contributed by atoms with Crippen molar-refractivity contribution in [3.8, 4) is 0 Å². The summed E-state index contributed by atoms with van der Waals surface area (Å²) in [6, 6.07) is -0.815. The molecule has 0 aliphatic carbocycles. The average molecular weight is 796 g/mol. The molecule has 0 aromatic rings. The molecular formula is C47H89NO8. The summed E-state index contributed by atoms with van der Waals surface area (Å²) in [4.78, 5) is 12.9. The minimum atomic E-state index is -1.57. The highest BCUT2D eigenvalue weighted by atomic mass is 16.7. The van der Waals surface area contributed by atoms with E-state index in [1.165, 1.54) is 154 Å². The predicted molar refractivity (Wildman–Crippen MR) is 230 cm³/mol. The van der Waals surface area contributed by atoms with Crippen molar-refractivity contribution in [3.63, 3.8) is 0 Å². The SMILES string of the molecule is CCCCCCCCCCCCCCCCCC/C=C/CC/C=C/C(O)C(COC1OC(CO)C(O)C(O)C1O)NC(=O)CCCCCCCCCCCCC. The molecule has 1 fully saturated rings. The van der Waals surface area contributed by atoms with Crippen LogP contribution in [0.15, 0.2) is 24.3 Å². The molecule has 0 bridgehead atoms. The molecule has 330 valence electrons. The minimum absolute atomic E-state index is 0.187. The summed E-state index contributed by atoms with van der Waals surface area (Å²) >= 11 is 0. The number of hydrogen-bond donors (Lipinski definition) is 6. The first kappa shape index (κ1) is 52.7. The van der Waals surface area contributed by atoms with Gasteiger partial charge in [0.2, 0.25) is 5.91 Å². The molecule has 6 N–H and O–H groups in total. The number of ether oxygens (including phenoxy) is 2. The van der Waals surface area contributed by atoms with Crippen LogP contribution in [0.25, 0.3) is 0 Å². The molecule has 0 radical (unpaired) electrons. The molecule has 0 spiro atoms. The maximum Gasteiger partial charge on any atom is 0.220 e. The van der Waals surface area contributed by atoms with Gasteiger partial charge in [-0.1, -0.05) is 199 Å². The van der Waals surface area contributed by atoms with E-state index in [0.29, 0.717) is 6.42 Å². The van der Waals surface area contributed by atoms with Crippen molar-refractivity contribution in [1.82, 2.24) is 5.32 Å². The van der Waals surface area contributed by atoms with E-state index in [2.05, 4.69) is 31.3 Å². The molecule has 9 heteroatoms. The molecule has 1 heterocycles. The zero-order valence-corrected chi connectivity index (χ0v) is 36.1. The van der Waals surface area contributed by atoms with Crippen molar-refractivity contribution in [2.24, 2.45) is 0 Å². The van der Waals surface area contributed by atoms with Crippen LogP contribution in [0.3, 0.4) is 0 Å². The third-order valence-corrected chi connectivity index (χ3v) is 11.3. The van der Waals surface area contributed by atoms with E-state index in [-0.39, 0.29) is 12.5 Å². The quantitative estimate of drug-likeness (QED) is 0.0266. The molecule has 1 aliphatic rings. The third-order valence-electron chi connectivity index (χ3n) is 11.3. The van der Waals surface area contributed by atoms with Crippen LogP contribution < -0.4 is 5.32 Å². The van der Waals surface area contributed by atoms with Crippen LogP contribution in [-0.4, -0.2) is 87.5 Å². The first-order chi connectivity index (χ1) is 27.3. The molecule has 1 aliphatic heterocycles. The molecule has 1 amide bonds. The van der Waals surface area contributed by atoms with Gasteiger partial charge in [0, 0.05) is 6.42 Å². The van der Waals surface area contributed by atoms with Gasteiger partial charge in [-0.3, -0.25) is 4.79 Å². The highest BCUT2D eigenvalue weighted by Gasteiger charge is 2.44. The van der Waals surface area contributed by atoms with Gasteiger partial charge in [0.15, 0.2) is 6.29 Å². The second kappa shape index (κ2) is 37.9. The van der Waals surface area contributed by atoms with E-state index in [1.54, 1.807) is 6.08 Å². The zero-order valence-electron chi connectivity index (χ0n) is 36.1. The fourth-order valence-electron chi connectivity index (χ4n) is 7.47. The maximum atomic E-state index is 12.9. The average Bonchev–Trinajstić information content (AvgIpc) is 3.20. The Bertz CT molecular complexity index is 930. The second-order valence-electron chi connectivity index (χ2n) is 16.5. The lowest BCUT2D eigenvalue weighted by Gasteiger charge is -2.40. The Labute approximate surface area is 343 Å². The van der Waals surface area contributed by atoms with E-state index in [1.807, 2.05) is 6.08 Å². The van der Waals surface area contributed by atoms with Gasteiger partial charge in [-0.2, -0.15) is 0 Å². The van der Waals surface area contributed by atoms with Gasteiger partial charge in [-0.25, -0.2) is 0 Å². The van der Waals surface area contributed by atoms with Crippen LogP contribution in [0.5, 0.6) is 0 Å². The Balaban J connectivity index is 2.33. The molecule has 7 atom stereocenters. The van der Waals surface area contributed by atoms with E-state index in [4.69, 9.17) is 9.47 Å². The van der Waals surface area contributed by atoms with Crippen molar-refractivity contribution < 1.29 is 39.8 Å². The Hall–Kier alpha value is -1.33. The van der Waals surface area contributed by atoms with Crippen molar-refractivity contribution in [1.29, 1.82) is 0 Å². The number of allylic oxidation sites excluding steroid dienone is 3. The Kier molecular flexibility index (Phi) is 35.7. The fourth-order valence-corrected chi connectivity index (χ4v) is 7.47. The number of hydrogen-bond acceptors (Lipinski definition) is 8. The number of unbranched alkanes of at least 4 members (excludes halogenated alkanes) is 27. The van der Waals surface area contributed by atoms with Crippen LogP contribution in [0, 0.1) is 0 Å². The van der Waals surface area contributed by atoms with Gasteiger partial charge in [0.1, 0.15) is 24.4 Å². The summed E-state index contributed by atoms with van der Waals surface area (Å²) < 4.78 is 11.2. The monoisotopic (exact) mass is 796 g/mol. The lowest BCUT2D eigenvalue weighted by molar-refractivity contribution is -0.302. The summed E-state index contributed by atoms with van der Waals surface area (Å²) in [5.74, 6) is -0.187. The first-order valence-corrected chi connectivity index (χ1v) is 23.6. The minimum Gasteiger partial charge on any atom is -0.394 e. The largest absolute Gasteiger partial charge is 0.394 e. The van der Waals surface area contributed by atoms with Gasteiger partial charge in [0.05, 0.1) is 25.4 Å². The Morgan fingerprint density at radius 1 is 0.589 bits per heavy atom. The number of rotatable bonds is 39. The molecule has 1 rings (SSSR count). The summed E-state index contributed by atoms with van der Waals surface area (Å²) in [6.07, 6.45) is 38.1. The molecule has 1 saturated heterocycles. The normalized spacial score (nSPS) is 21.3. The van der Waals surface area contributed by atoms with Gasteiger partial charge in [0.25, 0.3) is 0 Å². The van der Waals surface area contributed by atoms with Crippen LogP contribution >= 0.6 is 0 Å². The lowest BCUT2D eigenvalue weighted by Crippen LogP contribution is -2.60. The van der Waals surface area contributed by atoms with E-state index < -0.39 is 49.5 Å². The molecule has 7 unspecified atom stereocenters. The van der Waals surface area contributed by atoms with Gasteiger partial charge in [-0.15, -0.1) is 0 Å². The topological polar surface area (TPSA) is 149 Å². The second-order valence-corrected chi connectivity index (χ2v) is 16.5. The number of amides is 1. The Morgan fingerprint density at radius 2 is 1.02 bits per heavy atom. The van der Waals surface area contributed by atoms with Gasteiger partial charge >= 0.3 is 0 Å². The predicted octanol–water partition coefficient (Wildman–Crippen LogP) is 9.89. The van der Waals surface area contributed by atoms with Crippen molar-refractivity contribution in [3.05, 3.63) is 24.3 Å². The summed E-state index contributed by atoms with van der Waals surface area (Å²) in [5, 5.41) is 54.1. The fraction of sp³-hybridized carbons (Fsp3) is 0.894. The molecule has 9 nitrogen and oxygen atoms in total. The highest BCUT2D eigenvalue weighted by Crippen LogP contribution is 2.23. The number of carbonyl (C=O) groups is 1. The molecule has 0 saturated carbocycles. The Morgan fingerprint density at radius 3 is 1.50 bits per heavy atom. The maximum absolute atomic E-state index is 12.9. The summed E-state index contributed by atoms with van der Waals surface area (Å²) in [5.41, 5.74) is 0. The van der Waals surface area contributed by atoms with Gasteiger partial charge < -0.3 is 40.3 Å². The summed E-state index contributed by atoms with van der Waals surface area (Å²) in [6.45, 7) is 3.75.